The summed E-state index contributed by atoms with van der Waals surface area (Å²) < 4.78 is 50.6. The summed E-state index contributed by atoms with van der Waals surface area (Å²) in [5.74, 6) is -1.34. The lowest BCUT2D eigenvalue weighted by molar-refractivity contribution is -0.387. The topological polar surface area (TPSA) is 175 Å². The molecule has 1 amide bonds. The van der Waals surface area contributed by atoms with Crippen LogP contribution in [0.2, 0.25) is 5.02 Å². The van der Waals surface area contributed by atoms with E-state index in [1.807, 2.05) is 0 Å². The first-order valence-corrected chi connectivity index (χ1v) is 13.9. The van der Waals surface area contributed by atoms with E-state index in [4.69, 9.17) is 21.1 Å². The van der Waals surface area contributed by atoms with Crippen LogP contribution in [-0.4, -0.2) is 47.4 Å². The first kappa shape index (κ1) is 31.3. The zero-order valence-corrected chi connectivity index (χ0v) is 24.5. The number of hydrogen-bond donors (Lipinski definition) is 3. The number of sulfone groups is 1. The highest BCUT2D eigenvalue weighted by molar-refractivity contribution is 7.92. The van der Waals surface area contributed by atoms with Gasteiger partial charge in [-0.2, -0.15) is 9.37 Å². The lowest BCUT2D eigenvalue weighted by Crippen LogP contribution is -2.27. The number of carbonyl (C=O) groups excluding carboxylic acids is 1. The highest BCUT2D eigenvalue weighted by atomic mass is 35.5. The monoisotopic (exact) mass is 610 g/mol. The van der Waals surface area contributed by atoms with Crippen molar-refractivity contribution in [3.05, 3.63) is 57.5 Å². The molecule has 0 aliphatic carbocycles. The number of anilines is 5. The third kappa shape index (κ3) is 7.70. The number of nitrogens with zero attached hydrogens (tertiary/aromatic N) is 3. The Balaban J connectivity index is 2.03. The smallest absolute Gasteiger partial charge is 0.412 e. The van der Waals surface area contributed by atoms with E-state index < -0.39 is 43.2 Å². The number of ether oxygens (including phenoxy) is 2. The summed E-state index contributed by atoms with van der Waals surface area (Å²) in [6, 6.07) is 5.85. The van der Waals surface area contributed by atoms with Crippen molar-refractivity contribution in [1.29, 1.82) is 0 Å². The standard InChI is InChI=1S/C25H28ClFN6O7S/c1-13(2)41(37,38)21-8-7-14(29-24(34)40-25(3,4)5)9-18(21)30-22-15(26)12-28-23(32-22)31-17-11-19(33(35)36)16(27)10-20(17)39-6/h7-13H,1-6H3,(H,29,34)(H2,28,30,31,32). The Morgan fingerprint density at radius 2 is 1.83 bits per heavy atom. The van der Waals surface area contributed by atoms with Gasteiger partial charge in [-0.25, -0.2) is 18.2 Å². The minimum absolute atomic E-state index is 0.00833. The Labute approximate surface area is 240 Å². The second kappa shape index (κ2) is 12.1. The third-order valence-electron chi connectivity index (χ3n) is 5.26. The fourth-order valence-electron chi connectivity index (χ4n) is 3.34. The Morgan fingerprint density at radius 3 is 2.41 bits per heavy atom. The maximum absolute atomic E-state index is 14.1. The molecule has 0 spiro atoms. The average Bonchev–Trinajstić information content (AvgIpc) is 2.85. The van der Waals surface area contributed by atoms with Gasteiger partial charge in [0.25, 0.3) is 0 Å². The highest BCUT2D eigenvalue weighted by Gasteiger charge is 2.25. The Bertz CT molecular complexity index is 1600. The zero-order chi connectivity index (χ0) is 30.7. The molecule has 13 nitrogen and oxygen atoms in total. The second-order valence-corrected chi connectivity index (χ2v) is 12.7. The van der Waals surface area contributed by atoms with Gasteiger partial charge in [0.15, 0.2) is 15.7 Å². The molecular formula is C25H28ClFN6O7S. The van der Waals surface area contributed by atoms with Crippen LogP contribution in [0.5, 0.6) is 5.75 Å². The summed E-state index contributed by atoms with van der Waals surface area (Å²) in [4.78, 5) is 30.8. The number of halogens is 2. The summed E-state index contributed by atoms with van der Waals surface area (Å²) in [5.41, 5.74) is -1.33. The van der Waals surface area contributed by atoms with Crippen molar-refractivity contribution < 1.29 is 32.0 Å². The van der Waals surface area contributed by atoms with Crippen LogP contribution in [0.25, 0.3) is 0 Å². The molecule has 0 radical (unpaired) electrons. The quantitative estimate of drug-likeness (QED) is 0.186. The van der Waals surface area contributed by atoms with E-state index in [0.29, 0.717) is 0 Å². The number of carbonyl (C=O) groups is 1. The maximum atomic E-state index is 14.1. The molecule has 3 N–H and O–H groups in total. The van der Waals surface area contributed by atoms with Crippen molar-refractivity contribution >= 4 is 62.0 Å². The van der Waals surface area contributed by atoms with Gasteiger partial charge in [-0.05, 0) is 52.8 Å². The SMILES string of the molecule is COc1cc(F)c([N+](=O)[O-])cc1Nc1ncc(Cl)c(Nc2cc(NC(=O)OC(C)(C)C)ccc2S(=O)(=O)C(C)C)n1. The predicted molar refractivity (Wildman–Crippen MR) is 152 cm³/mol. The van der Waals surface area contributed by atoms with Crippen LogP contribution in [0.15, 0.2) is 41.4 Å². The molecule has 1 aromatic heterocycles. The molecule has 3 aromatic rings. The number of methoxy groups -OCH3 is 1. The fraction of sp³-hybridized carbons (Fsp3) is 0.320. The molecule has 0 atom stereocenters. The van der Waals surface area contributed by atoms with Gasteiger partial charge < -0.3 is 20.1 Å². The van der Waals surface area contributed by atoms with Gasteiger partial charge in [-0.1, -0.05) is 11.6 Å². The number of aromatic nitrogens is 2. The van der Waals surface area contributed by atoms with E-state index in [9.17, 15) is 27.7 Å². The van der Waals surface area contributed by atoms with Gasteiger partial charge >= 0.3 is 11.8 Å². The van der Waals surface area contributed by atoms with Crippen LogP contribution in [0, 0.1) is 15.9 Å². The molecule has 220 valence electrons. The normalized spacial score (nSPS) is 11.6. The van der Waals surface area contributed by atoms with Gasteiger partial charge in [0.05, 0.1) is 39.8 Å². The first-order chi connectivity index (χ1) is 19.0. The van der Waals surface area contributed by atoms with Crippen LogP contribution < -0.4 is 20.7 Å². The number of nitrogens with one attached hydrogen (secondary N) is 3. The van der Waals surface area contributed by atoms with Crippen molar-refractivity contribution in [3.8, 4) is 5.75 Å². The lowest BCUT2D eigenvalue weighted by atomic mass is 10.2. The molecule has 0 fully saturated rings. The number of nitro benzene ring substituents is 1. The van der Waals surface area contributed by atoms with Crippen LogP contribution in [-0.2, 0) is 14.6 Å². The lowest BCUT2D eigenvalue weighted by Gasteiger charge is -2.20. The molecule has 0 saturated heterocycles. The van der Waals surface area contributed by atoms with Crippen molar-refractivity contribution in [2.24, 2.45) is 0 Å². The molecule has 2 aromatic carbocycles. The van der Waals surface area contributed by atoms with Gasteiger partial charge in [-0.3, -0.25) is 15.4 Å². The molecule has 1 heterocycles. The zero-order valence-electron chi connectivity index (χ0n) is 22.9. The highest BCUT2D eigenvalue weighted by Crippen LogP contribution is 2.35. The second-order valence-electron chi connectivity index (χ2n) is 9.83. The minimum Gasteiger partial charge on any atom is -0.494 e. The molecule has 0 aliphatic heterocycles. The van der Waals surface area contributed by atoms with Crippen molar-refractivity contribution in [2.75, 3.05) is 23.1 Å². The maximum Gasteiger partial charge on any atom is 0.412 e. The number of rotatable bonds is 9. The van der Waals surface area contributed by atoms with Gasteiger partial charge in [0, 0.05) is 17.8 Å². The summed E-state index contributed by atoms with van der Waals surface area (Å²) in [6.07, 6.45) is 0.445. The van der Waals surface area contributed by atoms with Crippen LogP contribution in [0.3, 0.4) is 0 Å². The predicted octanol–water partition coefficient (Wildman–Crippen LogP) is 6.20. The Kier molecular flexibility index (Phi) is 9.23. The molecule has 3 rings (SSSR count). The molecule has 0 unspecified atom stereocenters. The molecule has 0 bridgehead atoms. The van der Waals surface area contributed by atoms with Gasteiger partial charge in [0.1, 0.15) is 16.4 Å². The summed E-state index contributed by atoms with van der Waals surface area (Å²) in [6.45, 7) is 8.11. The molecular weight excluding hydrogens is 583 g/mol. The van der Waals surface area contributed by atoms with Gasteiger partial charge in [-0.15, -0.1) is 0 Å². The van der Waals surface area contributed by atoms with Crippen molar-refractivity contribution in [3.63, 3.8) is 0 Å². The fourth-order valence-corrected chi connectivity index (χ4v) is 4.66. The number of hydrogen-bond acceptors (Lipinski definition) is 11. The summed E-state index contributed by atoms with van der Waals surface area (Å²) in [7, 11) is -2.58. The largest absolute Gasteiger partial charge is 0.494 e. The number of benzene rings is 2. The van der Waals surface area contributed by atoms with E-state index in [-0.39, 0.29) is 44.5 Å². The minimum atomic E-state index is -3.82. The molecule has 0 aliphatic rings. The number of nitro groups is 1. The van der Waals surface area contributed by atoms with Crippen molar-refractivity contribution in [2.45, 2.75) is 50.4 Å². The third-order valence-corrected chi connectivity index (χ3v) is 7.75. The van der Waals surface area contributed by atoms with E-state index in [0.717, 1.165) is 12.1 Å². The number of amides is 1. The Morgan fingerprint density at radius 1 is 1.15 bits per heavy atom. The van der Waals surface area contributed by atoms with Crippen LogP contribution >= 0.6 is 11.6 Å². The summed E-state index contributed by atoms with van der Waals surface area (Å²) in [5, 5.41) is 18.5. The molecule has 0 saturated carbocycles. The Hall–Kier alpha value is -4.24. The van der Waals surface area contributed by atoms with Crippen LogP contribution in [0.1, 0.15) is 34.6 Å². The van der Waals surface area contributed by atoms with Crippen molar-refractivity contribution in [1.82, 2.24) is 9.97 Å². The molecule has 41 heavy (non-hydrogen) atoms. The summed E-state index contributed by atoms with van der Waals surface area (Å²) >= 11 is 6.30. The van der Waals surface area contributed by atoms with Gasteiger partial charge in [0.2, 0.25) is 11.8 Å². The first-order valence-electron chi connectivity index (χ1n) is 12.0. The van der Waals surface area contributed by atoms with E-state index in [1.54, 1.807) is 20.8 Å². The molecule has 16 heteroatoms. The average molecular weight is 611 g/mol. The van der Waals surface area contributed by atoms with Crippen LogP contribution in [0.4, 0.5) is 43.7 Å². The van der Waals surface area contributed by atoms with E-state index in [1.165, 1.54) is 45.4 Å². The van der Waals surface area contributed by atoms with E-state index in [2.05, 4.69) is 25.9 Å². The van der Waals surface area contributed by atoms with E-state index >= 15 is 0 Å².